The lowest BCUT2D eigenvalue weighted by Crippen LogP contribution is -2.41. The van der Waals surface area contributed by atoms with E-state index in [4.69, 9.17) is 14.5 Å². The highest BCUT2D eigenvalue weighted by atomic mass is 16.6. The van der Waals surface area contributed by atoms with Gasteiger partial charge in [-0.2, -0.15) is 4.98 Å². The molecule has 0 aliphatic heterocycles. The van der Waals surface area contributed by atoms with Gasteiger partial charge in [0.25, 0.3) is 6.01 Å². The number of anilines is 1. The second kappa shape index (κ2) is 16.3. The van der Waals surface area contributed by atoms with Gasteiger partial charge in [0.2, 0.25) is 0 Å². The average Bonchev–Trinajstić information content (AvgIpc) is 3.44. The zero-order chi connectivity index (χ0) is 34.8. The number of rotatable bonds is 14. The van der Waals surface area contributed by atoms with Gasteiger partial charge in [-0.1, -0.05) is 93.4 Å². The van der Waals surface area contributed by atoms with E-state index in [2.05, 4.69) is 35.9 Å². The SMILES string of the molecule is CCCCNC(=O)N(CCCC)c1cccc(COc2nc3ccccc3n2Cc2ccc(-c3ccccc3C(=O)OC(C)(C)C)cc2)c1. The summed E-state index contributed by atoms with van der Waals surface area (Å²) in [6.07, 6.45) is 3.90. The minimum atomic E-state index is -0.580. The molecule has 49 heavy (non-hydrogen) atoms. The second-order valence-corrected chi connectivity index (χ2v) is 13.3. The monoisotopic (exact) mass is 660 g/mol. The predicted octanol–water partition coefficient (Wildman–Crippen LogP) is 9.40. The number of nitrogens with zero attached hydrogens (tertiary/aromatic N) is 3. The van der Waals surface area contributed by atoms with Crippen molar-refractivity contribution in [3.8, 4) is 17.1 Å². The summed E-state index contributed by atoms with van der Waals surface area (Å²) in [6.45, 7) is 12.0. The highest BCUT2D eigenvalue weighted by Gasteiger charge is 2.21. The molecule has 0 radical (unpaired) electrons. The van der Waals surface area contributed by atoms with Gasteiger partial charge in [0.15, 0.2) is 0 Å². The van der Waals surface area contributed by atoms with Crippen LogP contribution >= 0.6 is 0 Å². The van der Waals surface area contributed by atoms with Crippen LogP contribution < -0.4 is 15.0 Å². The summed E-state index contributed by atoms with van der Waals surface area (Å²) in [4.78, 5) is 32.7. The van der Waals surface area contributed by atoms with E-state index in [1.54, 1.807) is 6.07 Å². The van der Waals surface area contributed by atoms with Gasteiger partial charge >= 0.3 is 12.0 Å². The van der Waals surface area contributed by atoms with Crippen molar-refractivity contribution in [3.05, 3.63) is 114 Å². The van der Waals surface area contributed by atoms with Crippen molar-refractivity contribution in [1.29, 1.82) is 0 Å². The van der Waals surface area contributed by atoms with E-state index < -0.39 is 5.60 Å². The van der Waals surface area contributed by atoms with Crippen LogP contribution in [0.3, 0.4) is 0 Å². The lowest BCUT2D eigenvalue weighted by Gasteiger charge is -2.24. The maximum Gasteiger partial charge on any atom is 0.339 e. The first-order valence-corrected chi connectivity index (χ1v) is 17.3. The van der Waals surface area contributed by atoms with E-state index >= 15 is 0 Å². The van der Waals surface area contributed by atoms with Crippen LogP contribution in [0, 0.1) is 0 Å². The Morgan fingerprint density at radius 1 is 0.837 bits per heavy atom. The molecule has 0 saturated carbocycles. The molecule has 4 aromatic carbocycles. The van der Waals surface area contributed by atoms with Crippen molar-refractivity contribution in [3.63, 3.8) is 0 Å². The molecule has 0 aliphatic carbocycles. The van der Waals surface area contributed by atoms with Crippen molar-refractivity contribution in [2.24, 2.45) is 0 Å². The molecule has 0 bridgehead atoms. The fourth-order valence-corrected chi connectivity index (χ4v) is 5.63. The maximum absolute atomic E-state index is 13.1. The first-order chi connectivity index (χ1) is 23.7. The van der Waals surface area contributed by atoms with Crippen LogP contribution in [-0.4, -0.2) is 40.2 Å². The van der Waals surface area contributed by atoms with Gasteiger partial charge in [0.05, 0.1) is 23.1 Å². The van der Waals surface area contributed by atoms with Crippen molar-refractivity contribution in [2.75, 3.05) is 18.0 Å². The predicted molar refractivity (Wildman–Crippen MR) is 197 cm³/mol. The number of urea groups is 1. The Morgan fingerprint density at radius 2 is 1.57 bits per heavy atom. The normalized spacial score (nSPS) is 11.4. The molecule has 8 nitrogen and oxygen atoms in total. The van der Waals surface area contributed by atoms with E-state index in [9.17, 15) is 9.59 Å². The van der Waals surface area contributed by atoms with Gasteiger partial charge in [-0.15, -0.1) is 0 Å². The quantitative estimate of drug-likeness (QED) is 0.0948. The van der Waals surface area contributed by atoms with Crippen molar-refractivity contribution >= 4 is 28.7 Å². The molecule has 0 atom stereocenters. The fraction of sp³-hybridized carbons (Fsp3) is 0.341. The number of hydrogen-bond donors (Lipinski definition) is 1. The lowest BCUT2D eigenvalue weighted by atomic mass is 9.98. The molecule has 0 saturated heterocycles. The van der Waals surface area contributed by atoms with E-state index in [-0.39, 0.29) is 12.0 Å². The second-order valence-electron chi connectivity index (χ2n) is 13.3. The zero-order valence-corrected chi connectivity index (χ0v) is 29.4. The maximum atomic E-state index is 13.1. The number of unbranched alkanes of at least 4 members (excludes halogenated alkanes) is 2. The summed E-state index contributed by atoms with van der Waals surface area (Å²) < 4.78 is 14.1. The summed E-state index contributed by atoms with van der Waals surface area (Å²) >= 11 is 0. The van der Waals surface area contributed by atoms with Crippen molar-refractivity contribution in [2.45, 2.75) is 79.1 Å². The Bertz CT molecular complexity index is 1860. The minimum Gasteiger partial charge on any atom is -0.460 e. The van der Waals surface area contributed by atoms with E-state index in [1.165, 1.54) is 0 Å². The number of para-hydroxylation sites is 2. The van der Waals surface area contributed by atoms with Gasteiger partial charge in [-0.25, -0.2) is 9.59 Å². The number of imidazole rings is 1. The molecular formula is C41H48N4O4. The number of ether oxygens (including phenoxy) is 2. The van der Waals surface area contributed by atoms with Crippen LogP contribution in [-0.2, 0) is 17.9 Å². The number of fused-ring (bicyclic) bond motifs is 1. The van der Waals surface area contributed by atoms with Gasteiger partial charge in [0, 0.05) is 18.8 Å². The Kier molecular flexibility index (Phi) is 11.7. The van der Waals surface area contributed by atoms with Crippen LogP contribution in [0.5, 0.6) is 6.01 Å². The number of carbonyl (C=O) groups is 2. The van der Waals surface area contributed by atoms with E-state index in [1.807, 2.05) is 105 Å². The molecule has 5 aromatic rings. The van der Waals surface area contributed by atoms with Crippen molar-refractivity contribution in [1.82, 2.24) is 14.9 Å². The molecule has 256 valence electrons. The third-order valence-corrected chi connectivity index (χ3v) is 8.15. The topological polar surface area (TPSA) is 85.7 Å². The number of aromatic nitrogens is 2. The first kappa shape index (κ1) is 35.2. The molecule has 1 heterocycles. The third-order valence-electron chi connectivity index (χ3n) is 8.15. The summed E-state index contributed by atoms with van der Waals surface area (Å²) in [5, 5.41) is 3.06. The molecule has 0 fully saturated rings. The molecule has 5 rings (SSSR count). The number of nitrogens with one attached hydrogen (secondary N) is 1. The number of hydrogen-bond acceptors (Lipinski definition) is 5. The molecular weight excluding hydrogens is 612 g/mol. The van der Waals surface area contributed by atoms with Crippen molar-refractivity contribution < 1.29 is 19.1 Å². The largest absolute Gasteiger partial charge is 0.460 e. The highest BCUT2D eigenvalue weighted by Crippen LogP contribution is 2.28. The van der Waals surface area contributed by atoms with E-state index in [0.29, 0.717) is 37.8 Å². The zero-order valence-electron chi connectivity index (χ0n) is 29.4. The fourth-order valence-electron chi connectivity index (χ4n) is 5.63. The first-order valence-electron chi connectivity index (χ1n) is 17.3. The number of amides is 2. The molecule has 8 heteroatoms. The molecule has 0 aliphatic rings. The van der Waals surface area contributed by atoms with Crippen LogP contribution in [0.2, 0.25) is 0 Å². The highest BCUT2D eigenvalue weighted by molar-refractivity contribution is 5.97. The minimum absolute atomic E-state index is 0.0684. The van der Waals surface area contributed by atoms with Crippen LogP contribution in [0.15, 0.2) is 97.1 Å². The van der Waals surface area contributed by atoms with Gasteiger partial charge in [-0.05, 0) is 86.2 Å². The molecule has 1 N–H and O–H groups in total. The summed E-state index contributed by atoms with van der Waals surface area (Å²) in [5.41, 5.74) is 6.41. The van der Waals surface area contributed by atoms with Gasteiger partial charge in [0.1, 0.15) is 12.2 Å². The summed E-state index contributed by atoms with van der Waals surface area (Å²) in [7, 11) is 0. The molecule has 0 spiro atoms. The van der Waals surface area contributed by atoms with Crippen LogP contribution in [0.1, 0.15) is 81.8 Å². The number of benzene rings is 4. The van der Waals surface area contributed by atoms with Crippen LogP contribution in [0.25, 0.3) is 22.2 Å². The third kappa shape index (κ3) is 9.28. The van der Waals surface area contributed by atoms with Crippen LogP contribution in [0.4, 0.5) is 10.5 Å². The van der Waals surface area contributed by atoms with Gasteiger partial charge < -0.3 is 14.8 Å². The Balaban J connectivity index is 1.35. The summed E-state index contributed by atoms with van der Waals surface area (Å²) in [6, 6.07) is 32.2. The molecule has 0 unspecified atom stereocenters. The van der Waals surface area contributed by atoms with Gasteiger partial charge in [-0.3, -0.25) is 9.47 Å². The smallest absolute Gasteiger partial charge is 0.339 e. The Morgan fingerprint density at radius 3 is 2.33 bits per heavy atom. The Hall–Kier alpha value is -5.11. The Labute approximate surface area is 290 Å². The van der Waals surface area contributed by atoms with E-state index in [0.717, 1.165) is 64.7 Å². The molecule has 1 aromatic heterocycles. The number of esters is 1. The summed E-state index contributed by atoms with van der Waals surface area (Å²) in [5.74, 6) is -0.340. The molecule has 2 amide bonds. The lowest BCUT2D eigenvalue weighted by molar-refractivity contribution is 0.00703. The standard InChI is InChI=1S/C41H48N4O4/c1-6-8-25-42-39(47)44(26-9-7-2)33-16-14-15-31(27-33)29-48-40-43-36-19-12-13-20-37(36)45(40)28-30-21-23-32(24-22-30)34-17-10-11-18-35(34)38(46)49-41(3,4)5/h10-24,27H,6-9,25-26,28-29H2,1-5H3,(H,42,47). The average molecular weight is 661 g/mol. The number of carbonyl (C=O) groups excluding carboxylic acids is 2.